The summed E-state index contributed by atoms with van der Waals surface area (Å²) in [6.45, 7) is 0. The smallest absolute Gasteiger partial charge is 0.129 e. The molecule has 2 N–H and O–H groups in total. The molecule has 17 heavy (non-hydrogen) atoms. The highest BCUT2D eigenvalue weighted by molar-refractivity contribution is 6.31. The Labute approximate surface area is 104 Å². The highest BCUT2D eigenvalue weighted by atomic mass is 35.5. The van der Waals surface area contributed by atoms with E-state index in [0.717, 1.165) is 5.56 Å². The van der Waals surface area contributed by atoms with Crippen molar-refractivity contribution in [1.82, 2.24) is 4.98 Å². The van der Waals surface area contributed by atoms with Crippen LogP contribution < -0.4 is 5.73 Å². The minimum absolute atomic E-state index is 0.359. The highest BCUT2D eigenvalue weighted by Gasteiger charge is 2.15. The number of pyridine rings is 1. The Morgan fingerprint density at radius 3 is 2.76 bits per heavy atom. The van der Waals surface area contributed by atoms with Crippen LogP contribution in [0, 0.1) is 5.82 Å². The van der Waals surface area contributed by atoms with Crippen molar-refractivity contribution in [3.05, 3.63) is 64.7 Å². The van der Waals surface area contributed by atoms with Crippen molar-refractivity contribution in [1.29, 1.82) is 0 Å². The summed E-state index contributed by atoms with van der Waals surface area (Å²) in [5.41, 5.74) is 7.29. The normalized spacial score (nSPS) is 12.4. The maximum absolute atomic E-state index is 13.6. The van der Waals surface area contributed by atoms with Crippen LogP contribution in [0.5, 0.6) is 0 Å². The Morgan fingerprint density at radius 1 is 1.29 bits per heavy atom. The van der Waals surface area contributed by atoms with Crippen LogP contribution in [-0.2, 0) is 6.42 Å². The van der Waals surface area contributed by atoms with Crippen LogP contribution in [0.4, 0.5) is 4.39 Å². The average molecular weight is 251 g/mol. The topological polar surface area (TPSA) is 38.9 Å². The minimum atomic E-state index is -0.465. The largest absolute Gasteiger partial charge is 0.324 e. The second kappa shape index (κ2) is 5.25. The summed E-state index contributed by atoms with van der Waals surface area (Å²) in [6.07, 6.45) is 3.91. The zero-order chi connectivity index (χ0) is 12.3. The van der Waals surface area contributed by atoms with E-state index in [9.17, 15) is 4.39 Å². The van der Waals surface area contributed by atoms with Crippen LogP contribution in [-0.4, -0.2) is 4.98 Å². The lowest BCUT2D eigenvalue weighted by atomic mass is 10.0. The number of hydrogen-bond donors (Lipinski definition) is 1. The molecule has 4 heteroatoms. The number of aromatic nitrogens is 1. The zero-order valence-corrected chi connectivity index (χ0v) is 9.86. The van der Waals surface area contributed by atoms with E-state index < -0.39 is 6.04 Å². The van der Waals surface area contributed by atoms with E-state index in [0.29, 0.717) is 17.0 Å². The van der Waals surface area contributed by atoms with Gasteiger partial charge in [-0.2, -0.15) is 0 Å². The quantitative estimate of drug-likeness (QED) is 0.909. The first-order chi connectivity index (χ1) is 8.18. The first-order valence-corrected chi connectivity index (χ1v) is 5.64. The van der Waals surface area contributed by atoms with E-state index in [1.807, 2.05) is 12.1 Å². The molecule has 1 heterocycles. The summed E-state index contributed by atoms with van der Waals surface area (Å²) in [6, 6.07) is 7.84. The maximum atomic E-state index is 13.6. The van der Waals surface area contributed by atoms with E-state index in [-0.39, 0.29) is 5.82 Å². The van der Waals surface area contributed by atoms with E-state index in [1.165, 1.54) is 6.07 Å². The van der Waals surface area contributed by atoms with Gasteiger partial charge in [0.25, 0.3) is 0 Å². The lowest BCUT2D eigenvalue weighted by molar-refractivity contribution is 0.580. The molecule has 0 aliphatic heterocycles. The molecular weight excluding hydrogens is 239 g/mol. The van der Waals surface area contributed by atoms with Crippen molar-refractivity contribution in [2.45, 2.75) is 12.5 Å². The zero-order valence-electron chi connectivity index (χ0n) is 9.11. The van der Waals surface area contributed by atoms with Crippen LogP contribution in [0.25, 0.3) is 0 Å². The highest BCUT2D eigenvalue weighted by Crippen LogP contribution is 2.26. The Morgan fingerprint density at radius 2 is 2.12 bits per heavy atom. The van der Waals surface area contributed by atoms with Gasteiger partial charge >= 0.3 is 0 Å². The monoisotopic (exact) mass is 250 g/mol. The molecule has 0 fully saturated rings. The summed E-state index contributed by atoms with van der Waals surface area (Å²) in [5.74, 6) is -0.367. The van der Waals surface area contributed by atoms with Gasteiger partial charge in [0.1, 0.15) is 5.82 Å². The number of hydrogen-bond acceptors (Lipinski definition) is 2. The van der Waals surface area contributed by atoms with Gasteiger partial charge in [-0.3, -0.25) is 4.98 Å². The van der Waals surface area contributed by atoms with Crippen LogP contribution in [0.3, 0.4) is 0 Å². The number of nitrogens with zero attached hydrogens (tertiary/aromatic N) is 1. The van der Waals surface area contributed by atoms with Gasteiger partial charge in [-0.1, -0.05) is 23.7 Å². The van der Waals surface area contributed by atoms with Crippen molar-refractivity contribution in [2.75, 3.05) is 0 Å². The predicted octanol–water partition coefficient (Wildman–Crippen LogP) is 3.12. The Hall–Kier alpha value is -1.45. The van der Waals surface area contributed by atoms with E-state index >= 15 is 0 Å². The van der Waals surface area contributed by atoms with Gasteiger partial charge in [0.2, 0.25) is 0 Å². The van der Waals surface area contributed by atoms with E-state index in [1.54, 1.807) is 24.5 Å². The van der Waals surface area contributed by atoms with Gasteiger partial charge in [-0.15, -0.1) is 0 Å². The maximum Gasteiger partial charge on any atom is 0.129 e. The molecule has 0 bridgehead atoms. The average Bonchev–Trinajstić information content (AvgIpc) is 2.30. The van der Waals surface area contributed by atoms with E-state index in [4.69, 9.17) is 17.3 Å². The number of halogens is 2. The van der Waals surface area contributed by atoms with E-state index in [2.05, 4.69) is 4.98 Å². The molecule has 88 valence electrons. The Bertz CT molecular complexity index is 482. The van der Waals surface area contributed by atoms with Crippen molar-refractivity contribution in [2.24, 2.45) is 5.73 Å². The van der Waals surface area contributed by atoms with Gasteiger partial charge in [-0.25, -0.2) is 4.39 Å². The second-order valence-corrected chi connectivity index (χ2v) is 4.21. The molecule has 0 saturated carbocycles. The molecular formula is C13H12ClFN2. The molecule has 1 atom stereocenters. The fourth-order valence-electron chi connectivity index (χ4n) is 1.74. The molecule has 2 aromatic rings. The summed E-state index contributed by atoms with van der Waals surface area (Å²) < 4.78 is 13.6. The van der Waals surface area contributed by atoms with Crippen LogP contribution >= 0.6 is 11.6 Å². The SMILES string of the molecule is NC(Cc1cccnc1)c1c(F)cccc1Cl. The molecule has 0 aliphatic rings. The fraction of sp³-hybridized carbons (Fsp3) is 0.154. The van der Waals surface area contributed by atoms with Gasteiger partial charge in [-0.05, 0) is 30.2 Å². The lowest BCUT2D eigenvalue weighted by Gasteiger charge is -2.14. The van der Waals surface area contributed by atoms with Crippen LogP contribution in [0.1, 0.15) is 17.2 Å². The van der Waals surface area contributed by atoms with Crippen molar-refractivity contribution in [3.63, 3.8) is 0 Å². The summed E-state index contributed by atoms with van der Waals surface area (Å²) in [4.78, 5) is 3.99. The standard InChI is InChI=1S/C13H12ClFN2/c14-10-4-1-5-11(15)13(10)12(16)7-9-3-2-6-17-8-9/h1-6,8,12H,7,16H2. The second-order valence-electron chi connectivity index (χ2n) is 3.81. The number of nitrogens with two attached hydrogens (primary N) is 1. The first-order valence-electron chi connectivity index (χ1n) is 5.27. The molecule has 0 spiro atoms. The minimum Gasteiger partial charge on any atom is -0.324 e. The molecule has 2 nitrogen and oxygen atoms in total. The van der Waals surface area contributed by atoms with Gasteiger partial charge in [0, 0.05) is 29.0 Å². The summed E-state index contributed by atoms with van der Waals surface area (Å²) >= 11 is 5.95. The Balaban J connectivity index is 2.23. The molecule has 1 unspecified atom stereocenters. The summed E-state index contributed by atoms with van der Waals surface area (Å²) in [7, 11) is 0. The fourth-order valence-corrected chi connectivity index (χ4v) is 2.04. The number of benzene rings is 1. The third kappa shape index (κ3) is 2.81. The van der Waals surface area contributed by atoms with Gasteiger partial charge in [0.15, 0.2) is 0 Å². The van der Waals surface area contributed by atoms with Crippen LogP contribution in [0.2, 0.25) is 5.02 Å². The van der Waals surface area contributed by atoms with Crippen molar-refractivity contribution < 1.29 is 4.39 Å². The third-order valence-electron chi connectivity index (χ3n) is 2.55. The molecule has 0 amide bonds. The van der Waals surface area contributed by atoms with Crippen molar-refractivity contribution >= 4 is 11.6 Å². The van der Waals surface area contributed by atoms with Gasteiger partial charge in [0.05, 0.1) is 0 Å². The molecule has 0 radical (unpaired) electrons. The van der Waals surface area contributed by atoms with Crippen LogP contribution in [0.15, 0.2) is 42.7 Å². The molecule has 1 aromatic carbocycles. The number of rotatable bonds is 3. The third-order valence-corrected chi connectivity index (χ3v) is 2.88. The predicted molar refractivity (Wildman–Crippen MR) is 66.3 cm³/mol. The molecule has 0 saturated heterocycles. The molecule has 1 aromatic heterocycles. The first kappa shape index (κ1) is 12.0. The van der Waals surface area contributed by atoms with Gasteiger partial charge < -0.3 is 5.73 Å². The summed E-state index contributed by atoms with van der Waals surface area (Å²) in [5, 5.41) is 0.362. The lowest BCUT2D eigenvalue weighted by Crippen LogP contribution is -2.15. The Kier molecular flexibility index (Phi) is 3.71. The molecule has 0 aliphatic carbocycles. The molecule has 2 rings (SSSR count). The van der Waals surface area contributed by atoms with Crippen molar-refractivity contribution in [3.8, 4) is 0 Å².